The number of fused-ring (bicyclic) bond motifs is 1. The zero-order valence-electron chi connectivity index (χ0n) is 12.0. The van der Waals surface area contributed by atoms with Crippen molar-refractivity contribution in [1.29, 1.82) is 0 Å². The molecule has 1 aromatic heterocycles. The van der Waals surface area contributed by atoms with Gasteiger partial charge in [0.15, 0.2) is 11.5 Å². The van der Waals surface area contributed by atoms with Crippen LogP contribution in [0.3, 0.4) is 0 Å². The molecule has 2 aliphatic rings. The lowest BCUT2D eigenvalue weighted by atomic mass is 9.86. The highest BCUT2D eigenvalue weighted by molar-refractivity contribution is 5.88. The predicted molar refractivity (Wildman–Crippen MR) is 77.8 cm³/mol. The smallest absolute Gasteiger partial charge is 0.356 e. The molecule has 0 radical (unpaired) electrons. The molecule has 1 saturated carbocycles. The summed E-state index contributed by atoms with van der Waals surface area (Å²) in [5, 5.41) is 6.91. The van der Waals surface area contributed by atoms with Crippen LogP contribution in [-0.4, -0.2) is 29.6 Å². The van der Waals surface area contributed by atoms with E-state index < -0.39 is 0 Å². The molecule has 4 rings (SSSR count). The van der Waals surface area contributed by atoms with E-state index in [1.54, 1.807) is 6.07 Å². The molecule has 2 heterocycles. The molecule has 0 bridgehead atoms. The van der Waals surface area contributed by atoms with Crippen molar-refractivity contribution in [2.75, 3.05) is 13.4 Å². The van der Waals surface area contributed by atoms with E-state index in [1.165, 1.54) is 6.42 Å². The molecule has 1 aliphatic carbocycles. The number of H-pyrrole nitrogens is 1. The maximum Gasteiger partial charge on any atom is 0.356 e. The Hall–Kier alpha value is -2.50. The first-order valence-electron chi connectivity index (χ1n) is 7.42. The maximum atomic E-state index is 12.0. The third kappa shape index (κ3) is 2.41. The van der Waals surface area contributed by atoms with Crippen LogP contribution in [0.25, 0.3) is 11.3 Å². The number of ether oxygens (including phenoxy) is 3. The Morgan fingerprint density at radius 2 is 2.14 bits per heavy atom. The molecule has 1 aliphatic heterocycles. The Balaban J connectivity index is 1.47. The van der Waals surface area contributed by atoms with E-state index in [4.69, 9.17) is 14.2 Å². The number of hydrogen-bond acceptors (Lipinski definition) is 5. The second-order valence-electron chi connectivity index (χ2n) is 5.63. The summed E-state index contributed by atoms with van der Waals surface area (Å²) in [7, 11) is 0. The number of esters is 1. The average Bonchev–Trinajstić information content (AvgIpc) is 3.13. The normalized spacial score (nSPS) is 16.4. The molecule has 1 fully saturated rings. The van der Waals surface area contributed by atoms with Gasteiger partial charge in [-0.2, -0.15) is 5.10 Å². The molecule has 6 nitrogen and oxygen atoms in total. The highest BCUT2D eigenvalue weighted by Gasteiger charge is 2.21. The molecule has 114 valence electrons. The first-order valence-corrected chi connectivity index (χ1v) is 7.42. The van der Waals surface area contributed by atoms with Crippen molar-refractivity contribution < 1.29 is 19.0 Å². The number of nitrogens with one attached hydrogen (secondary N) is 1. The zero-order valence-corrected chi connectivity index (χ0v) is 12.0. The molecule has 22 heavy (non-hydrogen) atoms. The SMILES string of the molecule is O=C(OCC1CCC1)c1cc(-c2ccc3c(c2)OCO3)n[nH]1. The first-order chi connectivity index (χ1) is 10.8. The zero-order chi connectivity index (χ0) is 14.9. The molecule has 6 heteroatoms. The van der Waals surface area contributed by atoms with Crippen molar-refractivity contribution in [2.24, 2.45) is 5.92 Å². The summed E-state index contributed by atoms with van der Waals surface area (Å²) in [6.07, 6.45) is 3.54. The fourth-order valence-electron chi connectivity index (χ4n) is 2.56. The van der Waals surface area contributed by atoms with Gasteiger partial charge in [-0.25, -0.2) is 4.79 Å². The number of benzene rings is 1. The molecule has 0 amide bonds. The Morgan fingerprint density at radius 1 is 1.27 bits per heavy atom. The summed E-state index contributed by atoms with van der Waals surface area (Å²) in [4.78, 5) is 12.0. The number of aromatic amines is 1. The number of hydrogen-bond donors (Lipinski definition) is 1. The van der Waals surface area contributed by atoms with Gasteiger partial charge in [0, 0.05) is 5.56 Å². The van der Waals surface area contributed by atoms with E-state index in [1.807, 2.05) is 18.2 Å². The van der Waals surface area contributed by atoms with E-state index >= 15 is 0 Å². The van der Waals surface area contributed by atoms with Crippen molar-refractivity contribution in [3.8, 4) is 22.8 Å². The van der Waals surface area contributed by atoms with Gasteiger partial charge in [0.05, 0.1) is 12.3 Å². The van der Waals surface area contributed by atoms with Crippen LogP contribution in [0.4, 0.5) is 0 Å². The Kier molecular flexibility index (Phi) is 3.21. The fraction of sp³-hybridized carbons (Fsp3) is 0.375. The van der Waals surface area contributed by atoms with Gasteiger partial charge in [-0.05, 0) is 43.0 Å². The largest absolute Gasteiger partial charge is 0.461 e. The van der Waals surface area contributed by atoms with Crippen LogP contribution in [0.15, 0.2) is 24.3 Å². The molecule has 0 unspecified atom stereocenters. The predicted octanol–water partition coefficient (Wildman–Crippen LogP) is 2.76. The molecule has 2 aromatic rings. The van der Waals surface area contributed by atoms with E-state index in [9.17, 15) is 4.79 Å². The summed E-state index contributed by atoms with van der Waals surface area (Å²) in [6, 6.07) is 7.26. The van der Waals surface area contributed by atoms with Gasteiger partial charge in [0.2, 0.25) is 6.79 Å². The fourth-order valence-corrected chi connectivity index (χ4v) is 2.56. The van der Waals surface area contributed by atoms with Crippen LogP contribution >= 0.6 is 0 Å². The minimum Gasteiger partial charge on any atom is -0.461 e. The Labute approximate surface area is 127 Å². The van der Waals surface area contributed by atoms with Crippen molar-refractivity contribution in [2.45, 2.75) is 19.3 Å². The van der Waals surface area contributed by atoms with Crippen LogP contribution < -0.4 is 9.47 Å². The van der Waals surface area contributed by atoms with Crippen LogP contribution in [0.5, 0.6) is 11.5 Å². The number of aromatic nitrogens is 2. The van der Waals surface area contributed by atoms with Crippen molar-refractivity contribution in [3.05, 3.63) is 30.0 Å². The van der Waals surface area contributed by atoms with Gasteiger partial charge in [-0.1, -0.05) is 6.42 Å². The molecular weight excluding hydrogens is 284 g/mol. The van der Waals surface area contributed by atoms with Gasteiger partial charge < -0.3 is 14.2 Å². The van der Waals surface area contributed by atoms with Crippen LogP contribution in [-0.2, 0) is 4.74 Å². The minimum atomic E-state index is -0.355. The van der Waals surface area contributed by atoms with Crippen molar-refractivity contribution in [1.82, 2.24) is 10.2 Å². The van der Waals surface area contributed by atoms with E-state index in [2.05, 4.69) is 10.2 Å². The Morgan fingerprint density at radius 3 is 2.95 bits per heavy atom. The lowest BCUT2D eigenvalue weighted by Crippen LogP contribution is -2.20. The maximum absolute atomic E-state index is 12.0. The van der Waals surface area contributed by atoms with Crippen molar-refractivity contribution >= 4 is 5.97 Å². The van der Waals surface area contributed by atoms with Gasteiger partial charge in [0.1, 0.15) is 5.69 Å². The lowest BCUT2D eigenvalue weighted by Gasteiger charge is -2.24. The van der Waals surface area contributed by atoms with Gasteiger partial charge >= 0.3 is 5.97 Å². The summed E-state index contributed by atoms with van der Waals surface area (Å²) >= 11 is 0. The summed E-state index contributed by atoms with van der Waals surface area (Å²) in [5.74, 6) is 1.58. The van der Waals surface area contributed by atoms with Gasteiger partial charge in [-0.15, -0.1) is 0 Å². The van der Waals surface area contributed by atoms with Crippen LogP contribution in [0.2, 0.25) is 0 Å². The molecular formula is C16H16N2O4. The number of carbonyl (C=O) groups is 1. The standard InChI is InChI=1S/C16H16N2O4/c19-16(20-8-10-2-1-3-10)13-7-12(17-18-13)11-4-5-14-15(6-11)22-9-21-14/h4-7,10H,1-3,8-9H2,(H,17,18). The number of carbonyl (C=O) groups excluding carboxylic acids is 1. The quantitative estimate of drug-likeness (QED) is 0.879. The summed E-state index contributed by atoms with van der Waals surface area (Å²) in [6.45, 7) is 0.731. The number of rotatable bonds is 4. The summed E-state index contributed by atoms with van der Waals surface area (Å²) < 4.78 is 15.9. The van der Waals surface area contributed by atoms with Crippen molar-refractivity contribution in [3.63, 3.8) is 0 Å². The second-order valence-corrected chi connectivity index (χ2v) is 5.63. The minimum absolute atomic E-state index is 0.234. The van der Waals surface area contributed by atoms with Crippen LogP contribution in [0, 0.1) is 5.92 Å². The second kappa shape index (κ2) is 5.36. The monoisotopic (exact) mass is 300 g/mol. The topological polar surface area (TPSA) is 73.4 Å². The highest BCUT2D eigenvalue weighted by atomic mass is 16.7. The highest BCUT2D eigenvalue weighted by Crippen LogP contribution is 2.35. The third-order valence-electron chi connectivity index (χ3n) is 4.14. The molecule has 0 atom stereocenters. The van der Waals surface area contributed by atoms with E-state index in [-0.39, 0.29) is 12.8 Å². The van der Waals surface area contributed by atoms with E-state index in [0.29, 0.717) is 29.7 Å². The van der Waals surface area contributed by atoms with Gasteiger partial charge in [-0.3, -0.25) is 5.10 Å². The molecule has 0 saturated heterocycles. The first kappa shape index (κ1) is 13.2. The third-order valence-corrected chi connectivity index (χ3v) is 4.14. The average molecular weight is 300 g/mol. The van der Waals surface area contributed by atoms with E-state index in [0.717, 1.165) is 24.2 Å². The molecule has 1 N–H and O–H groups in total. The van der Waals surface area contributed by atoms with Crippen LogP contribution in [0.1, 0.15) is 29.8 Å². The molecule has 0 spiro atoms. The molecule has 1 aromatic carbocycles. The van der Waals surface area contributed by atoms with Gasteiger partial charge in [0.25, 0.3) is 0 Å². The summed E-state index contributed by atoms with van der Waals surface area (Å²) in [5.41, 5.74) is 1.90. The Bertz CT molecular complexity index is 706. The lowest BCUT2D eigenvalue weighted by molar-refractivity contribution is 0.0365. The number of nitrogens with zero attached hydrogens (tertiary/aromatic N) is 1.